The second kappa shape index (κ2) is 6.26. The first-order valence-electron chi connectivity index (χ1n) is 7.04. The van der Waals surface area contributed by atoms with Crippen molar-refractivity contribution in [2.45, 2.75) is 12.8 Å². The molecule has 0 aliphatic carbocycles. The van der Waals surface area contributed by atoms with Crippen molar-refractivity contribution in [2.24, 2.45) is 0 Å². The molecule has 0 bridgehead atoms. The maximum Gasteiger partial charge on any atom is 0.267 e. The minimum absolute atomic E-state index is 0.0659. The van der Waals surface area contributed by atoms with Crippen LogP contribution in [-0.2, 0) is 0 Å². The number of nitrogens with zero attached hydrogens (tertiary/aromatic N) is 2. The van der Waals surface area contributed by atoms with Gasteiger partial charge in [0.25, 0.3) is 5.91 Å². The summed E-state index contributed by atoms with van der Waals surface area (Å²) in [5.41, 5.74) is 1.43. The van der Waals surface area contributed by atoms with Gasteiger partial charge in [0, 0.05) is 18.3 Å². The molecular formula is C16H16N4O2. The predicted molar refractivity (Wildman–Crippen MR) is 81.3 cm³/mol. The summed E-state index contributed by atoms with van der Waals surface area (Å²) in [6.45, 7) is 2.35. The molecule has 0 unspecified atom stereocenters. The summed E-state index contributed by atoms with van der Waals surface area (Å²) < 4.78 is 5.28. The van der Waals surface area contributed by atoms with Gasteiger partial charge in [-0.1, -0.05) is 42.4 Å². The van der Waals surface area contributed by atoms with E-state index < -0.39 is 0 Å². The van der Waals surface area contributed by atoms with Crippen LogP contribution in [0.3, 0.4) is 0 Å². The molecule has 2 N–H and O–H groups in total. The second-order valence-electron chi connectivity index (χ2n) is 5.02. The van der Waals surface area contributed by atoms with Crippen LogP contribution in [0.1, 0.15) is 29.2 Å². The molecule has 1 aromatic carbocycles. The molecule has 0 aliphatic rings. The quantitative estimate of drug-likeness (QED) is 0.758. The third-order valence-corrected chi connectivity index (χ3v) is 3.31. The van der Waals surface area contributed by atoms with Crippen LogP contribution >= 0.6 is 0 Å². The summed E-state index contributed by atoms with van der Waals surface area (Å²) in [5, 5.41) is 6.81. The zero-order chi connectivity index (χ0) is 15.4. The maximum atomic E-state index is 11.9. The van der Waals surface area contributed by atoms with E-state index in [0.717, 1.165) is 5.56 Å². The third-order valence-electron chi connectivity index (χ3n) is 3.31. The Kier molecular flexibility index (Phi) is 4.00. The molecule has 1 atom stereocenters. The monoisotopic (exact) mass is 296 g/mol. The molecule has 0 radical (unpaired) electrons. The Morgan fingerprint density at radius 1 is 1.27 bits per heavy atom. The summed E-state index contributed by atoms with van der Waals surface area (Å²) in [7, 11) is 0. The fraction of sp³-hybridized carbons (Fsp3) is 0.188. The van der Waals surface area contributed by atoms with Crippen molar-refractivity contribution in [3.05, 3.63) is 60.2 Å². The number of carbonyl (C=O) groups is 1. The smallest absolute Gasteiger partial charge is 0.267 e. The number of H-pyrrole nitrogens is 1. The Hall–Kier alpha value is -2.89. The molecule has 3 rings (SSSR count). The minimum Gasteiger partial charge on any atom is -0.357 e. The summed E-state index contributed by atoms with van der Waals surface area (Å²) in [6, 6.07) is 13.1. The Bertz CT molecular complexity index is 735. The number of aromatic amines is 1. The van der Waals surface area contributed by atoms with Gasteiger partial charge in [0.15, 0.2) is 0 Å². The van der Waals surface area contributed by atoms with Crippen molar-refractivity contribution in [1.29, 1.82) is 0 Å². The van der Waals surface area contributed by atoms with Crippen LogP contribution in [-0.4, -0.2) is 27.6 Å². The number of rotatable bonds is 5. The van der Waals surface area contributed by atoms with E-state index in [2.05, 4.69) is 20.4 Å². The van der Waals surface area contributed by atoms with Gasteiger partial charge in [0.1, 0.15) is 5.69 Å². The van der Waals surface area contributed by atoms with Gasteiger partial charge in [-0.05, 0) is 12.1 Å². The van der Waals surface area contributed by atoms with E-state index in [0.29, 0.717) is 24.0 Å². The lowest BCUT2D eigenvalue weighted by Gasteiger charge is -2.07. The van der Waals surface area contributed by atoms with Gasteiger partial charge in [0.2, 0.25) is 11.7 Å². The fourth-order valence-electron chi connectivity index (χ4n) is 2.04. The molecule has 6 heteroatoms. The number of aromatic nitrogens is 3. The molecule has 22 heavy (non-hydrogen) atoms. The molecule has 2 aromatic heterocycles. The number of amides is 1. The lowest BCUT2D eigenvalue weighted by molar-refractivity contribution is 0.0946. The number of benzene rings is 1. The van der Waals surface area contributed by atoms with E-state index in [1.54, 1.807) is 18.3 Å². The zero-order valence-corrected chi connectivity index (χ0v) is 12.1. The molecule has 112 valence electrons. The first-order chi connectivity index (χ1) is 10.7. The molecule has 2 heterocycles. The number of nitrogens with one attached hydrogen (secondary N) is 2. The average Bonchev–Trinajstić information content (AvgIpc) is 3.24. The summed E-state index contributed by atoms with van der Waals surface area (Å²) in [6.07, 6.45) is 1.71. The van der Waals surface area contributed by atoms with Crippen molar-refractivity contribution in [2.75, 3.05) is 6.54 Å². The summed E-state index contributed by atoms with van der Waals surface area (Å²) in [4.78, 5) is 19.1. The van der Waals surface area contributed by atoms with Crippen LogP contribution in [0.25, 0.3) is 11.4 Å². The minimum atomic E-state index is -0.153. The maximum absolute atomic E-state index is 11.9. The Balaban J connectivity index is 1.62. The standard InChI is InChI=1S/C16H16N4O2/c1-11(10-18-15(21)13-8-5-9-17-13)16-19-14(20-22-16)12-6-3-2-4-7-12/h2-9,11,17H,10H2,1H3,(H,18,21)/t11-/m1/s1. The molecule has 0 spiro atoms. The first kappa shape index (κ1) is 14.1. The molecule has 0 saturated heterocycles. The van der Waals surface area contributed by atoms with Crippen LogP contribution in [0.15, 0.2) is 53.2 Å². The van der Waals surface area contributed by atoms with Crippen molar-refractivity contribution < 1.29 is 9.32 Å². The van der Waals surface area contributed by atoms with Crippen LogP contribution < -0.4 is 5.32 Å². The van der Waals surface area contributed by atoms with E-state index in [1.165, 1.54) is 0 Å². The largest absolute Gasteiger partial charge is 0.357 e. The summed E-state index contributed by atoms with van der Waals surface area (Å²) in [5.74, 6) is 0.840. The van der Waals surface area contributed by atoms with Crippen LogP contribution in [0.5, 0.6) is 0 Å². The molecule has 0 fully saturated rings. The lowest BCUT2D eigenvalue weighted by Crippen LogP contribution is -2.27. The van der Waals surface area contributed by atoms with Crippen molar-refractivity contribution in [1.82, 2.24) is 20.4 Å². The fourth-order valence-corrected chi connectivity index (χ4v) is 2.04. The van der Waals surface area contributed by atoms with Crippen molar-refractivity contribution >= 4 is 5.91 Å². The van der Waals surface area contributed by atoms with Gasteiger partial charge in [-0.2, -0.15) is 4.98 Å². The van der Waals surface area contributed by atoms with E-state index in [9.17, 15) is 4.79 Å². The van der Waals surface area contributed by atoms with Gasteiger partial charge >= 0.3 is 0 Å². The Morgan fingerprint density at radius 3 is 2.82 bits per heavy atom. The van der Waals surface area contributed by atoms with E-state index >= 15 is 0 Å². The third kappa shape index (κ3) is 3.06. The topological polar surface area (TPSA) is 83.8 Å². The molecule has 3 aromatic rings. The number of hydrogen-bond acceptors (Lipinski definition) is 4. The highest BCUT2D eigenvalue weighted by Gasteiger charge is 2.16. The molecular weight excluding hydrogens is 280 g/mol. The van der Waals surface area contributed by atoms with Gasteiger partial charge < -0.3 is 14.8 Å². The Labute approximate surface area is 127 Å². The number of carbonyl (C=O) groups excluding carboxylic acids is 1. The van der Waals surface area contributed by atoms with Gasteiger partial charge in [-0.25, -0.2) is 0 Å². The summed E-state index contributed by atoms with van der Waals surface area (Å²) >= 11 is 0. The zero-order valence-electron chi connectivity index (χ0n) is 12.1. The predicted octanol–water partition coefficient (Wildman–Crippen LogP) is 2.60. The molecule has 0 saturated carbocycles. The highest BCUT2D eigenvalue weighted by atomic mass is 16.5. The van der Waals surface area contributed by atoms with E-state index in [1.807, 2.05) is 37.3 Å². The second-order valence-corrected chi connectivity index (χ2v) is 5.02. The first-order valence-corrected chi connectivity index (χ1v) is 7.04. The van der Waals surface area contributed by atoms with Gasteiger partial charge in [-0.15, -0.1) is 0 Å². The van der Waals surface area contributed by atoms with E-state index in [-0.39, 0.29) is 11.8 Å². The van der Waals surface area contributed by atoms with Crippen molar-refractivity contribution in [3.8, 4) is 11.4 Å². The molecule has 1 amide bonds. The highest BCUT2D eigenvalue weighted by Crippen LogP contribution is 2.19. The van der Waals surface area contributed by atoms with Crippen molar-refractivity contribution in [3.63, 3.8) is 0 Å². The van der Waals surface area contributed by atoms with Gasteiger partial charge in [-0.3, -0.25) is 4.79 Å². The SMILES string of the molecule is C[C@H](CNC(=O)c1ccc[nH]1)c1nc(-c2ccccc2)no1. The van der Waals surface area contributed by atoms with Crippen LogP contribution in [0, 0.1) is 0 Å². The van der Waals surface area contributed by atoms with E-state index in [4.69, 9.17) is 4.52 Å². The Morgan fingerprint density at radius 2 is 2.09 bits per heavy atom. The van der Waals surface area contributed by atoms with Crippen LogP contribution in [0.4, 0.5) is 0 Å². The van der Waals surface area contributed by atoms with Gasteiger partial charge in [0.05, 0.1) is 5.92 Å². The normalized spacial score (nSPS) is 12.0. The van der Waals surface area contributed by atoms with Crippen LogP contribution in [0.2, 0.25) is 0 Å². The lowest BCUT2D eigenvalue weighted by atomic mass is 10.1. The molecule has 6 nitrogen and oxygen atoms in total. The highest BCUT2D eigenvalue weighted by molar-refractivity contribution is 5.92. The average molecular weight is 296 g/mol. The molecule has 0 aliphatic heterocycles. The number of hydrogen-bond donors (Lipinski definition) is 2.